The van der Waals surface area contributed by atoms with Crippen LogP contribution in [0.1, 0.15) is 18.9 Å². The minimum atomic E-state index is -0.676. The fourth-order valence-corrected chi connectivity index (χ4v) is 2.18. The van der Waals surface area contributed by atoms with Gasteiger partial charge in [-0.15, -0.1) is 0 Å². The van der Waals surface area contributed by atoms with E-state index in [2.05, 4.69) is 0 Å². The highest BCUT2D eigenvalue weighted by molar-refractivity contribution is 14.1. The predicted molar refractivity (Wildman–Crippen MR) is 76.5 cm³/mol. The van der Waals surface area contributed by atoms with Crippen LogP contribution in [0.25, 0.3) is 0 Å². The molecule has 1 aromatic carbocycles. The Kier molecular flexibility index (Phi) is 6.03. The quantitative estimate of drug-likeness (QED) is 0.275. The van der Waals surface area contributed by atoms with Gasteiger partial charge in [0.15, 0.2) is 0 Å². The number of alkyl halides is 1. The summed E-state index contributed by atoms with van der Waals surface area (Å²) in [5.74, 6) is -1.94. The molecule has 104 valence electrons. The van der Waals surface area contributed by atoms with Gasteiger partial charge in [0.2, 0.25) is 0 Å². The third-order valence-corrected chi connectivity index (χ3v) is 3.34. The molecule has 0 spiro atoms. The Morgan fingerprint density at radius 2 is 1.84 bits per heavy atom. The zero-order valence-electron chi connectivity index (χ0n) is 10.3. The summed E-state index contributed by atoms with van der Waals surface area (Å²) in [5.41, 5.74) is 0.509. The van der Waals surface area contributed by atoms with Gasteiger partial charge in [-0.25, -0.2) is 17.6 Å². The van der Waals surface area contributed by atoms with Crippen LogP contribution in [0.15, 0.2) is 42.5 Å². The van der Waals surface area contributed by atoms with Crippen LogP contribution in [0.2, 0.25) is 0 Å². The number of halogens is 5. The van der Waals surface area contributed by atoms with Crippen molar-refractivity contribution < 1.29 is 17.6 Å². The topological polar surface area (TPSA) is 0 Å². The minimum absolute atomic E-state index is 0.125. The van der Waals surface area contributed by atoms with Crippen LogP contribution in [0.5, 0.6) is 0 Å². The molecule has 0 N–H and O–H groups in total. The molecular formula is C14H13F4I. The highest BCUT2D eigenvalue weighted by atomic mass is 127. The first kappa shape index (κ1) is 16.2. The van der Waals surface area contributed by atoms with E-state index in [0.29, 0.717) is 18.4 Å². The molecule has 1 rings (SSSR count). The summed E-state index contributed by atoms with van der Waals surface area (Å²) in [4.78, 5) is 0. The fourth-order valence-electron chi connectivity index (χ4n) is 1.61. The molecule has 0 heterocycles. The molecular weight excluding hydrogens is 371 g/mol. The van der Waals surface area contributed by atoms with Gasteiger partial charge in [-0.3, -0.25) is 0 Å². The summed E-state index contributed by atoms with van der Waals surface area (Å²) in [7, 11) is 0. The van der Waals surface area contributed by atoms with E-state index in [9.17, 15) is 17.6 Å². The Labute approximate surface area is 123 Å². The summed E-state index contributed by atoms with van der Waals surface area (Å²) < 4.78 is 50.4. The van der Waals surface area contributed by atoms with Crippen molar-refractivity contribution in [3.8, 4) is 0 Å². The summed E-state index contributed by atoms with van der Waals surface area (Å²) in [6.07, 6.45) is 3.00. The normalized spacial score (nSPS) is 15.8. The molecule has 0 aliphatic heterocycles. The van der Waals surface area contributed by atoms with E-state index >= 15 is 0 Å². The molecule has 1 atom stereocenters. The van der Waals surface area contributed by atoms with Gasteiger partial charge in [0.1, 0.15) is 17.5 Å². The van der Waals surface area contributed by atoms with Gasteiger partial charge < -0.3 is 0 Å². The maximum atomic E-state index is 13.2. The maximum absolute atomic E-state index is 13.2. The van der Waals surface area contributed by atoms with Gasteiger partial charge >= 0.3 is 0 Å². The molecule has 0 aliphatic carbocycles. The van der Waals surface area contributed by atoms with Gasteiger partial charge in [-0.05, 0) is 43.5 Å². The lowest BCUT2D eigenvalue weighted by molar-refractivity contribution is 0.576. The van der Waals surface area contributed by atoms with Gasteiger partial charge in [0.05, 0.1) is 6.33 Å². The van der Waals surface area contributed by atoms with Crippen molar-refractivity contribution in [3.05, 3.63) is 59.7 Å². The van der Waals surface area contributed by atoms with Crippen LogP contribution < -0.4 is 0 Å². The van der Waals surface area contributed by atoms with Crippen molar-refractivity contribution in [2.75, 3.05) is 0 Å². The molecule has 0 aromatic heterocycles. The van der Waals surface area contributed by atoms with Crippen molar-refractivity contribution in [3.63, 3.8) is 0 Å². The first-order valence-corrected chi connectivity index (χ1v) is 6.69. The van der Waals surface area contributed by atoms with E-state index in [1.807, 2.05) is 22.6 Å². The van der Waals surface area contributed by atoms with Gasteiger partial charge in [-0.1, -0.05) is 22.6 Å². The number of rotatable bonds is 5. The molecule has 1 unspecified atom stereocenters. The molecule has 0 bridgehead atoms. The second-order valence-corrected chi connectivity index (χ2v) is 6.84. The predicted octanol–water partition coefficient (Wildman–Crippen LogP) is 5.43. The molecule has 0 saturated carbocycles. The van der Waals surface area contributed by atoms with Gasteiger partial charge in [-0.2, -0.15) is 0 Å². The standard InChI is InChI=1S/C14H13F4I/c1-14(19,9-11(16)3-5-15)4-2-10-6-12(17)8-13(18)7-10/h3,5-9H,2,4H2,1H3/b5-3+,11-9+. The number of aryl methyl sites for hydroxylation is 1. The zero-order chi connectivity index (χ0) is 14.5. The number of hydrogen-bond donors (Lipinski definition) is 0. The Balaban J connectivity index is 2.72. The minimum Gasteiger partial charge on any atom is -0.215 e. The third kappa shape index (κ3) is 6.22. The lowest BCUT2D eigenvalue weighted by Crippen LogP contribution is -2.13. The largest absolute Gasteiger partial charge is 0.215 e. The van der Waals surface area contributed by atoms with Crippen LogP contribution in [0.4, 0.5) is 17.6 Å². The SMILES string of the molecule is CC(I)(/C=C(F)\C=C\F)CCc1cc(F)cc(F)c1. The summed E-state index contributed by atoms with van der Waals surface area (Å²) in [5, 5.41) is 0. The summed E-state index contributed by atoms with van der Waals surface area (Å²) >= 11 is 2.01. The van der Waals surface area contributed by atoms with Crippen molar-refractivity contribution in [2.24, 2.45) is 0 Å². The molecule has 0 fully saturated rings. The first-order valence-electron chi connectivity index (χ1n) is 5.61. The second kappa shape index (κ2) is 7.07. The molecule has 0 saturated heterocycles. The number of hydrogen-bond acceptors (Lipinski definition) is 0. The van der Waals surface area contributed by atoms with E-state index in [1.54, 1.807) is 6.92 Å². The maximum Gasteiger partial charge on any atom is 0.126 e. The Bertz CT molecular complexity index is 472. The Morgan fingerprint density at radius 1 is 1.26 bits per heavy atom. The zero-order valence-corrected chi connectivity index (χ0v) is 12.4. The summed E-state index contributed by atoms with van der Waals surface area (Å²) in [6, 6.07) is 3.30. The fraction of sp³-hybridized carbons (Fsp3) is 0.286. The van der Waals surface area contributed by atoms with E-state index in [-0.39, 0.29) is 6.33 Å². The third-order valence-electron chi connectivity index (χ3n) is 2.49. The lowest BCUT2D eigenvalue weighted by Gasteiger charge is -2.18. The van der Waals surface area contributed by atoms with Crippen molar-refractivity contribution in [1.82, 2.24) is 0 Å². The molecule has 0 amide bonds. The molecule has 1 aromatic rings. The molecule has 0 radical (unpaired) electrons. The second-order valence-electron chi connectivity index (χ2n) is 4.38. The Hall–Kier alpha value is -0.850. The highest BCUT2D eigenvalue weighted by Crippen LogP contribution is 2.28. The monoisotopic (exact) mass is 384 g/mol. The first-order chi connectivity index (χ1) is 8.82. The smallest absolute Gasteiger partial charge is 0.126 e. The van der Waals surface area contributed by atoms with Crippen LogP contribution in [0, 0.1) is 11.6 Å². The average molecular weight is 384 g/mol. The van der Waals surface area contributed by atoms with E-state index < -0.39 is 20.9 Å². The van der Waals surface area contributed by atoms with Gasteiger partial charge in [0, 0.05) is 15.6 Å². The summed E-state index contributed by atoms with van der Waals surface area (Å²) in [6.45, 7) is 1.76. The average Bonchev–Trinajstić information content (AvgIpc) is 2.25. The van der Waals surface area contributed by atoms with Crippen LogP contribution in [-0.4, -0.2) is 3.42 Å². The van der Waals surface area contributed by atoms with Crippen LogP contribution in [0.3, 0.4) is 0 Å². The van der Waals surface area contributed by atoms with E-state index in [1.165, 1.54) is 18.2 Å². The molecule has 19 heavy (non-hydrogen) atoms. The van der Waals surface area contributed by atoms with Crippen molar-refractivity contribution >= 4 is 22.6 Å². The van der Waals surface area contributed by atoms with E-state index in [4.69, 9.17) is 0 Å². The van der Waals surface area contributed by atoms with Gasteiger partial charge in [0.25, 0.3) is 0 Å². The van der Waals surface area contributed by atoms with Crippen LogP contribution >= 0.6 is 22.6 Å². The molecule has 5 heteroatoms. The Morgan fingerprint density at radius 3 is 2.37 bits per heavy atom. The van der Waals surface area contributed by atoms with E-state index in [0.717, 1.165) is 12.1 Å². The van der Waals surface area contributed by atoms with Crippen LogP contribution in [-0.2, 0) is 6.42 Å². The lowest BCUT2D eigenvalue weighted by atomic mass is 10.00. The van der Waals surface area contributed by atoms with Crippen molar-refractivity contribution in [1.29, 1.82) is 0 Å². The molecule has 0 aliphatic rings. The molecule has 0 nitrogen and oxygen atoms in total. The number of allylic oxidation sites excluding steroid dienone is 3. The highest BCUT2D eigenvalue weighted by Gasteiger charge is 2.18. The van der Waals surface area contributed by atoms with Crippen molar-refractivity contribution in [2.45, 2.75) is 23.2 Å². The number of benzene rings is 1.